The van der Waals surface area contributed by atoms with Gasteiger partial charge in [-0.05, 0) is 57.9 Å². The fourth-order valence-corrected chi connectivity index (χ4v) is 4.68. The summed E-state index contributed by atoms with van der Waals surface area (Å²) in [6.07, 6.45) is -2.49. The van der Waals surface area contributed by atoms with Gasteiger partial charge in [-0.25, -0.2) is 4.79 Å². The average Bonchev–Trinajstić information content (AvgIpc) is 2.59. The van der Waals surface area contributed by atoms with Crippen LogP contribution in [0.5, 0.6) is 0 Å². The molecule has 3 unspecified atom stereocenters. The Morgan fingerprint density at radius 3 is 2.21 bits per heavy atom. The van der Waals surface area contributed by atoms with Crippen LogP contribution in [0.4, 0.5) is 23.7 Å². The molecule has 1 aromatic carbocycles. The van der Waals surface area contributed by atoms with Crippen LogP contribution in [0.2, 0.25) is 0 Å². The minimum Gasteiger partial charge on any atom is -0.444 e. The molecule has 5 nitrogen and oxygen atoms in total. The first kappa shape index (κ1) is 20.3. The van der Waals surface area contributed by atoms with Gasteiger partial charge in [0.25, 0.3) is 0 Å². The van der Waals surface area contributed by atoms with Gasteiger partial charge >= 0.3 is 12.3 Å². The van der Waals surface area contributed by atoms with Crippen molar-refractivity contribution in [2.24, 2.45) is 0 Å². The van der Waals surface area contributed by atoms with Gasteiger partial charge in [-0.2, -0.15) is 13.2 Å². The van der Waals surface area contributed by atoms with Crippen molar-refractivity contribution in [3.05, 3.63) is 29.8 Å². The number of anilines is 1. The third-order valence-corrected chi connectivity index (χ3v) is 6.14. The molecule has 1 amide bonds. The molecule has 1 saturated carbocycles. The zero-order valence-electron chi connectivity index (χ0n) is 17.1. The molecule has 2 aliphatic heterocycles. The van der Waals surface area contributed by atoms with Crippen molar-refractivity contribution in [2.45, 2.75) is 63.5 Å². The summed E-state index contributed by atoms with van der Waals surface area (Å²) in [5.74, 6) is 0. The molecular formula is C21H28F3N3O2. The van der Waals surface area contributed by atoms with Gasteiger partial charge in [0.15, 0.2) is 0 Å². The number of nitrogens with zero attached hydrogens (tertiary/aromatic N) is 3. The lowest BCUT2D eigenvalue weighted by atomic mass is 9.79. The zero-order chi connectivity index (χ0) is 21.0. The number of fused-ring (bicyclic) bond motifs is 3. The topological polar surface area (TPSA) is 36.0 Å². The predicted octanol–water partition coefficient (Wildman–Crippen LogP) is 3.98. The second kappa shape index (κ2) is 7.07. The van der Waals surface area contributed by atoms with Crippen LogP contribution in [0.15, 0.2) is 24.3 Å². The Bertz CT molecular complexity index is 760. The predicted molar refractivity (Wildman–Crippen MR) is 104 cm³/mol. The molecule has 1 aromatic rings. The van der Waals surface area contributed by atoms with Gasteiger partial charge in [-0.1, -0.05) is 0 Å². The number of amides is 1. The van der Waals surface area contributed by atoms with Crippen LogP contribution >= 0.6 is 0 Å². The third-order valence-electron chi connectivity index (χ3n) is 6.14. The summed E-state index contributed by atoms with van der Waals surface area (Å²) in [7, 11) is 0. The average molecular weight is 411 g/mol. The Balaban J connectivity index is 1.49. The van der Waals surface area contributed by atoms with E-state index < -0.39 is 17.3 Å². The molecular weight excluding hydrogens is 383 g/mol. The molecule has 2 heterocycles. The molecule has 1 aliphatic carbocycles. The highest BCUT2D eigenvalue weighted by atomic mass is 19.4. The standard InChI is InChI=1S/C21H28F3N3O2/c1-20(2,3)29-19(28)25-10-11-26-16(12-25)13-27(18-9-8-17(18)26)15-6-4-14(5-7-15)21(22,23)24/h4-7,16-18H,8-13H2,1-3H3. The maximum absolute atomic E-state index is 12.9. The first-order valence-corrected chi connectivity index (χ1v) is 10.2. The SMILES string of the molecule is CC(C)(C)OC(=O)N1CCN2C(C1)CN(c1ccc(C(F)(F)F)cc1)C1CCC12. The maximum atomic E-state index is 12.9. The van der Waals surface area contributed by atoms with E-state index in [1.54, 1.807) is 17.0 Å². The molecule has 0 N–H and O–H groups in total. The fourth-order valence-electron chi connectivity index (χ4n) is 4.68. The Hall–Kier alpha value is -1.96. The Kier molecular flexibility index (Phi) is 4.96. The van der Waals surface area contributed by atoms with Crippen LogP contribution in [0, 0.1) is 0 Å². The first-order chi connectivity index (χ1) is 13.5. The number of carbonyl (C=O) groups excluding carboxylic acids is 1. The normalized spacial score (nSPS) is 27.7. The molecule has 3 fully saturated rings. The molecule has 0 radical (unpaired) electrons. The summed E-state index contributed by atoms with van der Waals surface area (Å²) in [6.45, 7) is 8.30. The molecule has 2 saturated heterocycles. The Morgan fingerprint density at radius 1 is 1.00 bits per heavy atom. The van der Waals surface area contributed by atoms with Crippen LogP contribution in [0.3, 0.4) is 0 Å². The van der Waals surface area contributed by atoms with E-state index in [4.69, 9.17) is 4.74 Å². The molecule has 3 atom stereocenters. The van der Waals surface area contributed by atoms with Gasteiger partial charge in [0, 0.05) is 50.0 Å². The van der Waals surface area contributed by atoms with Crippen LogP contribution in [0.1, 0.15) is 39.2 Å². The summed E-state index contributed by atoms with van der Waals surface area (Å²) in [6, 6.07) is 6.34. The lowest BCUT2D eigenvalue weighted by molar-refractivity contribution is -0.137. The minimum absolute atomic E-state index is 0.153. The lowest BCUT2D eigenvalue weighted by Crippen LogP contribution is -2.73. The molecule has 3 aliphatic rings. The highest BCUT2D eigenvalue weighted by Gasteiger charge is 2.49. The van der Waals surface area contributed by atoms with E-state index >= 15 is 0 Å². The molecule has 160 valence electrons. The van der Waals surface area contributed by atoms with Crippen LogP contribution in [0.25, 0.3) is 0 Å². The van der Waals surface area contributed by atoms with Gasteiger partial charge < -0.3 is 14.5 Å². The van der Waals surface area contributed by atoms with Crippen molar-refractivity contribution < 1.29 is 22.7 Å². The second-order valence-electron chi connectivity index (χ2n) is 9.23. The monoisotopic (exact) mass is 411 g/mol. The number of piperazine rings is 2. The number of halogens is 3. The van der Waals surface area contributed by atoms with Crippen molar-refractivity contribution in [3.8, 4) is 0 Å². The molecule has 4 rings (SSSR count). The summed E-state index contributed by atoms with van der Waals surface area (Å²) in [5.41, 5.74) is -0.341. The number of carbonyl (C=O) groups is 1. The van der Waals surface area contributed by atoms with Crippen molar-refractivity contribution in [2.75, 3.05) is 31.1 Å². The van der Waals surface area contributed by atoms with E-state index in [-0.39, 0.29) is 12.1 Å². The summed E-state index contributed by atoms with van der Waals surface area (Å²) in [5, 5.41) is 0. The quantitative estimate of drug-likeness (QED) is 0.701. The van der Waals surface area contributed by atoms with Crippen molar-refractivity contribution >= 4 is 11.8 Å². The number of hydrogen-bond donors (Lipinski definition) is 0. The first-order valence-electron chi connectivity index (χ1n) is 10.2. The van der Waals surface area contributed by atoms with Gasteiger partial charge in [0.2, 0.25) is 0 Å². The number of hydrogen-bond acceptors (Lipinski definition) is 4. The number of ether oxygens (including phenoxy) is 1. The fraction of sp³-hybridized carbons (Fsp3) is 0.667. The minimum atomic E-state index is -4.33. The van der Waals surface area contributed by atoms with E-state index in [0.717, 1.165) is 37.2 Å². The molecule has 0 spiro atoms. The van der Waals surface area contributed by atoms with E-state index in [2.05, 4.69) is 9.80 Å². The van der Waals surface area contributed by atoms with Crippen molar-refractivity contribution in [3.63, 3.8) is 0 Å². The summed E-state index contributed by atoms with van der Waals surface area (Å²) < 4.78 is 44.2. The van der Waals surface area contributed by atoms with Crippen LogP contribution in [-0.2, 0) is 10.9 Å². The molecule has 8 heteroatoms. The summed E-state index contributed by atoms with van der Waals surface area (Å²) >= 11 is 0. The van der Waals surface area contributed by atoms with Gasteiger partial charge in [0.1, 0.15) is 5.60 Å². The highest BCUT2D eigenvalue weighted by molar-refractivity contribution is 5.68. The zero-order valence-corrected chi connectivity index (χ0v) is 17.1. The Labute approximate surface area is 169 Å². The number of rotatable bonds is 1. The van der Waals surface area contributed by atoms with E-state index in [1.807, 2.05) is 20.8 Å². The van der Waals surface area contributed by atoms with Gasteiger partial charge in [0.05, 0.1) is 5.56 Å². The van der Waals surface area contributed by atoms with Gasteiger partial charge in [-0.3, -0.25) is 4.90 Å². The van der Waals surface area contributed by atoms with Crippen LogP contribution in [-0.4, -0.2) is 65.8 Å². The molecule has 29 heavy (non-hydrogen) atoms. The van der Waals surface area contributed by atoms with Crippen molar-refractivity contribution in [1.29, 1.82) is 0 Å². The Morgan fingerprint density at radius 2 is 1.66 bits per heavy atom. The van der Waals surface area contributed by atoms with Crippen LogP contribution < -0.4 is 4.90 Å². The number of benzene rings is 1. The van der Waals surface area contributed by atoms with E-state index in [0.29, 0.717) is 31.7 Å². The molecule has 0 bridgehead atoms. The lowest BCUT2D eigenvalue weighted by Gasteiger charge is -2.60. The maximum Gasteiger partial charge on any atom is 0.416 e. The van der Waals surface area contributed by atoms with Gasteiger partial charge in [-0.15, -0.1) is 0 Å². The smallest absolute Gasteiger partial charge is 0.416 e. The third kappa shape index (κ3) is 4.04. The summed E-state index contributed by atoms with van der Waals surface area (Å²) in [4.78, 5) is 19.0. The largest absolute Gasteiger partial charge is 0.444 e. The number of alkyl halides is 3. The second-order valence-corrected chi connectivity index (χ2v) is 9.23. The molecule has 0 aromatic heterocycles. The van der Waals surface area contributed by atoms with E-state index in [9.17, 15) is 18.0 Å². The van der Waals surface area contributed by atoms with Crippen molar-refractivity contribution in [1.82, 2.24) is 9.80 Å². The highest BCUT2D eigenvalue weighted by Crippen LogP contribution is 2.40. The van der Waals surface area contributed by atoms with E-state index in [1.165, 1.54) is 0 Å².